The molecule has 7 nitrogen and oxygen atoms in total. The van der Waals surface area contributed by atoms with Crippen LogP contribution in [-0.4, -0.2) is 54.5 Å². The lowest BCUT2D eigenvalue weighted by molar-refractivity contribution is -0.134. The Labute approximate surface area is 156 Å². The first-order valence-corrected chi connectivity index (χ1v) is 8.58. The summed E-state index contributed by atoms with van der Waals surface area (Å²) in [6.07, 6.45) is 1.75. The van der Waals surface area contributed by atoms with Crippen molar-refractivity contribution in [2.45, 2.75) is 0 Å². The molecule has 1 saturated heterocycles. The maximum Gasteiger partial charge on any atom is 0.338 e. The highest BCUT2D eigenvalue weighted by atomic mass is 35.5. The number of nitrogens with two attached hydrogens (primary N) is 1. The standard InChI is InChI=1S/C18H19ClN4O3/c19-14-5-4-13(11-15(14)20)18(25)26-12-17(24)23-9-7-22(8-10-23)16-3-1-2-6-21-16/h1-6,11H,7-10,12,20H2. The number of esters is 1. The van der Waals surface area contributed by atoms with Gasteiger partial charge in [-0.1, -0.05) is 17.7 Å². The number of aromatic nitrogens is 1. The molecule has 8 heteroatoms. The number of nitrogen functional groups attached to an aromatic ring is 1. The van der Waals surface area contributed by atoms with E-state index in [1.165, 1.54) is 18.2 Å². The van der Waals surface area contributed by atoms with Crippen LogP contribution in [0, 0.1) is 0 Å². The van der Waals surface area contributed by atoms with E-state index in [4.69, 9.17) is 22.1 Å². The quantitative estimate of drug-likeness (QED) is 0.648. The zero-order valence-electron chi connectivity index (χ0n) is 14.1. The van der Waals surface area contributed by atoms with E-state index >= 15 is 0 Å². The van der Waals surface area contributed by atoms with Crippen LogP contribution < -0.4 is 10.6 Å². The van der Waals surface area contributed by atoms with Gasteiger partial charge in [0.25, 0.3) is 5.91 Å². The zero-order chi connectivity index (χ0) is 18.5. The van der Waals surface area contributed by atoms with Crippen molar-refractivity contribution in [2.24, 2.45) is 0 Å². The summed E-state index contributed by atoms with van der Waals surface area (Å²) in [4.78, 5) is 32.4. The summed E-state index contributed by atoms with van der Waals surface area (Å²) >= 11 is 5.82. The van der Waals surface area contributed by atoms with Crippen molar-refractivity contribution < 1.29 is 14.3 Å². The molecule has 1 amide bonds. The largest absolute Gasteiger partial charge is 0.452 e. The number of anilines is 2. The van der Waals surface area contributed by atoms with Crippen molar-refractivity contribution in [3.05, 3.63) is 53.2 Å². The van der Waals surface area contributed by atoms with Crippen LogP contribution in [0.3, 0.4) is 0 Å². The van der Waals surface area contributed by atoms with Crippen molar-refractivity contribution in [2.75, 3.05) is 43.4 Å². The van der Waals surface area contributed by atoms with Crippen molar-refractivity contribution in [3.63, 3.8) is 0 Å². The van der Waals surface area contributed by atoms with Gasteiger partial charge in [0, 0.05) is 32.4 Å². The van der Waals surface area contributed by atoms with Gasteiger partial charge in [-0.2, -0.15) is 0 Å². The number of carbonyl (C=O) groups is 2. The second-order valence-corrected chi connectivity index (χ2v) is 6.28. The van der Waals surface area contributed by atoms with E-state index in [2.05, 4.69) is 9.88 Å². The van der Waals surface area contributed by atoms with Crippen molar-refractivity contribution in [1.82, 2.24) is 9.88 Å². The van der Waals surface area contributed by atoms with Gasteiger partial charge in [-0.05, 0) is 30.3 Å². The number of rotatable bonds is 4. The third kappa shape index (κ3) is 4.23. The van der Waals surface area contributed by atoms with E-state index in [0.717, 1.165) is 5.82 Å². The molecule has 136 valence electrons. The highest BCUT2D eigenvalue weighted by molar-refractivity contribution is 6.33. The summed E-state index contributed by atoms with van der Waals surface area (Å²) in [6.45, 7) is 2.18. The third-order valence-corrected chi connectivity index (χ3v) is 4.51. The van der Waals surface area contributed by atoms with Gasteiger partial charge in [-0.3, -0.25) is 4.79 Å². The molecule has 1 fully saturated rings. The van der Waals surface area contributed by atoms with E-state index in [9.17, 15) is 9.59 Å². The topological polar surface area (TPSA) is 88.8 Å². The molecule has 0 atom stereocenters. The van der Waals surface area contributed by atoms with Gasteiger partial charge < -0.3 is 20.3 Å². The van der Waals surface area contributed by atoms with Crippen LogP contribution in [0.1, 0.15) is 10.4 Å². The fourth-order valence-corrected chi connectivity index (χ4v) is 2.82. The van der Waals surface area contributed by atoms with Crippen LogP contribution in [0.5, 0.6) is 0 Å². The van der Waals surface area contributed by atoms with Gasteiger partial charge in [-0.25, -0.2) is 9.78 Å². The summed E-state index contributed by atoms with van der Waals surface area (Å²) in [5.74, 6) is 0.0705. The Morgan fingerprint density at radius 1 is 1.15 bits per heavy atom. The average Bonchev–Trinajstić information content (AvgIpc) is 2.68. The Hall–Kier alpha value is -2.80. The van der Waals surface area contributed by atoms with Crippen molar-refractivity contribution >= 4 is 35.0 Å². The van der Waals surface area contributed by atoms with Crippen molar-refractivity contribution in [1.29, 1.82) is 0 Å². The predicted octanol–water partition coefficient (Wildman–Crippen LogP) is 1.82. The minimum atomic E-state index is -0.603. The number of halogens is 1. The molecule has 2 heterocycles. The number of hydrogen-bond donors (Lipinski definition) is 1. The number of amides is 1. The number of ether oxygens (including phenoxy) is 1. The average molecular weight is 375 g/mol. The summed E-state index contributed by atoms with van der Waals surface area (Å²) in [6, 6.07) is 10.2. The molecule has 26 heavy (non-hydrogen) atoms. The van der Waals surface area contributed by atoms with Gasteiger partial charge in [0.05, 0.1) is 16.3 Å². The van der Waals surface area contributed by atoms with Crippen LogP contribution >= 0.6 is 11.6 Å². The lowest BCUT2D eigenvalue weighted by atomic mass is 10.2. The minimum absolute atomic E-state index is 0.221. The van der Waals surface area contributed by atoms with E-state index in [-0.39, 0.29) is 23.8 Å². The van der Waals surface area contributed by atoms with Gasteiger partial charge in [-0.15, -0.1) is 0 Å². The van der Waals surface area contributed by atoms with E-state index in [0.29, 0.717) is 31.2 Å². The first-order chi connectivity index (χ1) is 12.5. The molecule has 0 aliphatic carbocycles. The molecule has 2 N–H and O–H groups in total. The maximum absolute atomic E-state index is 12.3. The van der Waals surface area contributed by atoms with Crippen LogP contribution in [0.15, 0.2) is 42.6 Å². The molecule has 1 aromatic heterocycles. The number of piperazine rings is 1. The summed E-state index contributed by atoms with van der Waals surface area (Å²) in [7, 11) is 0. The number of pyridine rings is 1. The summed E-state index contributed by atoms with van der Waals surface area (Å²) < 4.78 is 5.09. The molecule has 1 aliphatic rings. The second-order valence-electron chi connectivity index (χ2n) is 5.87. The van der Waals surface area contributed by atoms with Gasteiger partial charge in [0.1, 0.15) is 5.82 Å². The molecular weight excluding hydrogens is 356 g/mol. The highest BCUT2D eigenvalue weighted by Gasteiger charge is 2.23. The second kappa shape index (κ2) is 8.05. The Bertz CT molecular complexity index is 792. The highest BCUT2D eigenvalue weighted by Crippen LogP contribution is 2.20. The Morgan fingerprint density at radius 2 is 1.92 bits per heavy atom. The van der Waals surface area contributed by atoms with Crippen molar-refractivity contribution in [3.8, 4) is 0 Å². The van der Waals surface area contributed by atoms with Gasteiger partial charge in [0.15, 0.2) is 6.61 Å². The molecule has 2 aromatic rings. The SMILES string of the molecule is Nc1cc(C(=O)OCC(=O)N2CCN(c3ccccn3)CC2)ccc1Cl. The third-order valence-electron chi connectivity index (χ3n) is 4.16. The normalized spacial score (nSPS) is 14.2. The molecule has 1 aliphatic heterocycles. The first kappa shape index (κ1) is 18.0. The van der Waals surface area contributed by atoms with E-state index < -0.39 is 5.97 Å². The van der Waals surface area contributed by atoms with Crippen LogP contribution in [0.25, 0.3) is 0 Å². The minimum Gasteiger partial charge on any atom is -0.452 e. The molecule has 0 spiro atoms. The van der Waals surface area contributed by atoms with Crippen LogP contribution in [-0.2, 0) is 9.53 Å². The lowest BCUT2D eigenvalue weighted by Gasteiger charge is -2.35. The number of hydrogen-bond acceptors (Lipinski definition) is 6. The predicted molar refractivity (Wildman–Crippen MR) is 99.2 cm³/mol. The first-order valence-electron chi connectivity index (χ1n) is 8.20. The zero-order valence-corrected chi connectivity index (χ0v) is 14.9. The lowest BCUT2D eigenvalue weighted by Crippen LogP contribution is -2.50. The van der Waals surface area contributed by atoms with Gasteiger partial charge in [0.2, 0.25) is 0 Å². The number of nitrogens with zero attached hydrogens (tertiary/aromatic N) is 3. The molecule has 3 rings (SSSR count). The monoisotopic (exact) mass is 374 g/mol. The Balaban J connectivity index is 1.48. The molecule has 1 aromatic carbocycles. The summed E-state index contributed by atoms with van der Waals surface area (Å²) in [5.41, 5.74) is 6.22. The molecule has 0 radical (unpaired) electrons. The molecular formula is C18H19ClN4O3. The summed E-state index contributed by atoms with van der Waals surface area (Å²) in [5, 5.41) is 0.364. The van der Waals surface area contributed by atoms with Gasteiger partial charge >= 0.3 is 5.97 Å². The van der Waals surface area contributed by atoms with E-state index in [1.807, 2.05) is 18.2 Å². The molecule has 0 unspecified atom stereocenters. The van der Waals surface area contributed by atoms with Crippen LogP contribution in [0.2, 0.25) is 5.02 Å². The maximum atomic E-state index is 12.3. The number of benzene rings is 1. The smallest absolute Gasteiger partial charge is 0.338 e. The number of carbonyl (C=O) groups excluding carboxylic acids is 2. The Morgan fingerprint density at radius 3 is 2.58 bits per heavy atom. The van der Waals surface area contributed by atoms with Crippen LogP contribution in [0.4, 0.5) is 11.5 Å². The van der Waals surface area contributed by atoms with E-state index in [1.54, 1.807) is 11.1 Å². The molecule has 0 bridgehead atoms. The fraction of sp³-hybridized carbons (Fsp3) is 0.278. The fourth-order valence-electron chi connectivity index (χ4n) is 2.70. The Kier molecular flexibility index (Phi) is 5.58. The molecule has 0 saturated carbocycles.